The van der Waals surface area contributed by atoms with Gasteiger partial charge in [0.2, 0.25) is 5.91 Å². The molecule has 0 aliphatic rings. The SMILES string of the molecule is COc1cc(CNCC(=O)NC(C)C)ccc1OCc1ccc([N+](=O)[O-])cc1. The molecule has 8 nitrogen and oxygen atoms in total. The molecule has 2 N–H and O–H groups in total. The summed E-state index contributed by atoms with van der Waals surface area (Å²) in [6, 6.07) is 11.9. The minimum atomic E-state index is -0.438. The summed E-state index contributed by atoms with van der Waals surface area (Å²) < 4.78 is 11.2. The van der Waals surface area contributed by atoms with Gasteiger partial charge in [-0.2, -0.15) is 0 Å². The van der Waals surface area contributed by atoms with E-state index >= 15 is 0 Å². The lowest BCUT2D eigenvalue weighted by Gasteiger charge is -2.13. The van der Waals surface area contributed by atoms with E-state index in [1.54, 1.807) is 25.3 Å². The van der Waals surface area contributed by atoms with Crippen molar-refractivity contribution in [3.8, 4) is 11.5 Å². The number of methoxy groups -OCH3 is 1. The number of hydrogen-bond donors (Lipinski definition) is 2. The molecule has 0 heterocycles. The largest absolute Gasteiger partial charge is 0.493 e. The summed E-state index contributed by atoms with van der Waals surface area (Å²) in [5, 5.41) is 16.6. The van der Waals surface area contributed by atoms with E-state index < -0.39 is 4.92 Å². The summed E-state index contributed by atoms with van der Waals surface area (Å²) in [6.07, 6.45) is 0. The van der Waals surface area contributed by atoms with Gasteiger partial charge in [0.15, 0.2) is 11.5 Å². The Hall–Kier alpha value is -3.13. The minimum absolute atomic E-state index is 0.0419. The highest BCUT2D eigenvalue weighted by molar-refractivity contribution is 5.78. The van der Waals surface area contributed by atoms with Crippen LogP contribution < -0.4 is 20.1 Å². The van der Waals surface area contributed by atoms with E-state index in [0.717, 1.165) is 11.1 Å². The molecule has 8 heteroatoms. The first-order valence-corrected chi connectivity index (χ1v) is 8.92. The van der Waals surface area contributed by atoms with Gasteiger partial charge in [0, 0.05) is 24.7 Å². The Morgan fingerprint density at radius 2 is 1.79 bits per heavy atom. The molecule has 0 atom stereocenters. The topological polar surface area (TPSA) is 103 Å². The number of ether oxygens (including phenoxy) is 2. The van der Waals surface area contributed by atoms with Crippen molar-refractivity contribution in [2.75, 3.05) is 13.7 Å². The molecule has 2 aromatic rings. The predicted molar refractivity (Wildman–Crippen MR) is 105 cm³/mol. The van der Waals surface area contributed by atoms with Crippen molar-refractivity contribution in [1.29, 1.82) is 0 Å². The summed E-state index contributed by atoms with van der Waals surface area (Å²) in [4.78, 5) is 21.9. The number of rotatable bonds is 10. The van der Waals surface area contributed by atoms with Gasteiger partial charge < -0.3 is 20.1 Å². The highest BCUT2D eigenvalue weighted by Crippen LogP contribution is 2.29. The van der Waals surface area contributed by atoms with Gasteiger partial charge in [0.05, 0.1) is 18.6 Å². The van der Waals surface area contributed by atoms with Crippen molar-refractivity contribution < 1.29 is 19.2 Å². The van der Waals surface area contributed by atoms with Crippen molar-refractivity contribution in [2.45, 2.75) is 33.0 Å². The van der Waals surface area contributed by atoms with E-state index in [4.69, 9.17) is 9.47 Å². The molecule has 0 radical (unpaired) electrons. The third-order valence-electron chi connectivity index (χ3n) is 3.83. The number of nitro groups is 1. The molecular formula is C20H25N3O5. The Morgan fingerprint density at radius 1 is 1.11 bits per heavy atom. The molecule has 2 rings (SSSR count). The maximum atomic E-state index is 11.6. The van der Waals surface area contributed by atoms with Gasteiger partial charge in [0.25, 0.3) is 5.69 Å². The molecule has 0 fully saturated rings. The van der Waals surface area contributed by atoms with Crippen LogP contribution in [0, 0.1) is 10.1 Å². The Bertz CT molecular complexity index is 806. The van der Waals surface area contributed by atoms with Crippen LogP contribution in [-0.2, 0) is 17.9 Å². The van der Waals surface area contributed by atoms with Crippen molar-refractivity contribution in [3.63, 3.8) is 0 Å². The smallest absolute Gasteiger partial charge is 0.269 e. The van der Waals surface area contributed by atoms with Gasteiger partial charge in [-0.1, -0.05) is 6.07 Å². The highest BCUT2D eigenvalue weighted by atomic mass is 16.6. The van der Waals surface area contributed by atoms with Crippen LogP contribution in [0.1, 0.15) is 25.0 Å². The fourth-order valence-electron chi connectivity index (χ4n) is 2.51. The van der Waals surface area contributed by atoms with E-state index in [0.29, 0.717) is 18.0 Å². The molecule has 0 unspecified atom stereocenters. The number of carbonyl (C=O) groups excluding carboxylic acids is 1. The second-order valence-corrected chi connectivity index (χ2v) is 6.52. The van der Waals surface area contributed by atoms with Gasteiger partial charge in [-0.05, 0) is 49.2 Å². The van der Waals surface area contributed by atoms with Crippen LogP contribution in [0.3, 0.4) is 0 Å². The van der Waals surface area contributed by atoms with Crippen LogP contribution >= 0.6 is 0 Å². The maximum absolute atomic E-state index is 11.6. The Kier molecular flexibility index (Phi) is 7.76. The number of nitrogens with zero attached hydrogens (tertiary/aromatic N) is 1. The molecule has 0 bridgehead atoms. The van der Waals surface area contributed by atoms with Gasteiger partial charge >= 0.3 is 0 Å². The van der Waals surface area contributed by atoms with Gasteiger partial charge in [-0.3, -0.25) is 14.9 Å². The predicted octanol–water partition coefficient (Wildman–Crippen LogP) is 2.80. The third-order valence-corrected chi connectivity index (χ3v) is 3.83. The average molecular weight is 387 g/mol. The fourth-order valence-corrected chi connectivity index (χ4v) is 2.51. The molecule has 2 aromatic carbocycles. The highest BCUT2D eigenvalue weighted by Gasteiger charge is 2.09. The monoisotopic (exact) mass is 387 g/mol. The normalized spacial score (nSPS) is 10.6. The van der Waals surface area contributed by atoms with Crippen molar-refractivity contribution in [3.05, 3.63) is 63.7 Å². The summed E-state index contributed by atoms with van der Waals surface area (Å²) >= 11 is 0. The lowest BCUT2D eigenvalue weighted by atomic mass is 10.2. The average Bonchev–Trinajstić information content (AvgIpc) is 2.66. The number of non-ortho nitro benzene ring substituents is 1. The van der Waals surface area contributed by atoms with Crippen LogP contribution in [0.5, 0.6) is 11.5 Å². The zero-order valence-electron chi connectivity index (χ0n) is 16.2. The second kappa shape index (κ2) is 10.3. The van der Waals surface area contributed by atoms with E-state index in [1.807, 2.05) is 26.0 Å². The number of nitro benzene ring substituents is 1. The number of hydrogen-bond acceptors (Lipinski definition) is 6. The summed E-state index contributed by atoms with van der Waals surface area (Å²) in [5.74, 6) is 1.10. The molecule has 0 saturated heterocycles. The number of amides is 1. The number of carbonyl (C=O) groups is 1. The van der Waals surface area contributed by atoms with Crippen molar-refractivity contribution >= 4 is 11.6 Å². The van der Waals surface area contributed by atoms with Crippen LogP contribution in [-0.4, -0.2) is 30.5 Å². The molecule has 28 heavy (non-hydrogen) atoms. The lowest BCUT2D eigenvalue weighted by Crippen LogP contribution is -2.37. The van der Waals surface area contributed by atoms with Crippen LogP contribution in [0.15, 0.2) is 42.5 Å². The van der Waals surface area contributed by atoms with E-state index in [-0.39, 0.29) is 30.8 Å². The summed E-state index contributed by atoms with van der Waals surface area (Å²) in [6.45, 7) is 4.85. The van der Waals surface area contributed by atoms with Crippen LogP contribution in [0.25, 0.3) is 0 Å². The van der Waals surface area contributed by atoms with Crippen molar-refractivity contribution in [2.24, 2.45) is 0 Å². The minimum Gasteiger partial charge on any atom is -0.493 e. The first kappa shape index (κ1) is 21.2. The Balaban J connectivity index is 1.91. The van der Waals surface area contributed by atoms with E-state index in [1.165, 1.54) is 12.1 Å². The first-order valence-electron chi connectivity index (χ1n) is 8.92. The van der Waals surface area contributed by atoms with E-state index in [2.05, 4.69) is 10.6 Å². The fraction of sp³-hybridized carbons (Fsp3) is 0.350. The summed E-state index contributed by atoms with van der Waals surface area (Å²) in [5.41, 5.74) is 1.81. The molecule has 150 valence electrons. The zero-order valence-corrected chi connectivity index (χ0v) is 16.2. The molecule has 0 aliphatic heterocycles. The zero-order chi connectivity index (χ0) is 20.5. The first-order chi connectivity index (χ1) is 13.4. The molecule has 0 spiro atoms. The van der Waals surface area contributed by atoms with Gasteiger partial charge in [-0.15, -0.1) is 0 Å². The second-order valence-electron chi connectivity index (χ2n) is 6.52. The maximum Gasteiger partial charge on any atom is 0.269 e. The summed E-state index contributed by atoms with van der Waals surface area (Å²) in [7, 11) is 1.56. The molecular weight excluding hydrogens is 362 g/mol. The molecule has 1 amide bonds. The standard InChI is InChI=1S/C20H25N3O5/c1-14(2)22-20(24)12-21-11-16-6-9-18(19(10-16)27-3)28-13-15-4-7-17(8-5-15)23(25)26/h4-10,14,21H,11-13H2,1-3H3,(H,22,24). The Morgan fingerprint density at radius 3 is 2.39 bits per heavy atom. The van der Waals surface area contributed by atoms with E-state index in [9.17, 15) is 14.9 Å². The van der Waals surface area contributed by atoms with Crippen LogP contribution in [0.4, 0.5) is 5.69 Å². The number of nitrogens with one attached hydrogen (secondary N) is 2. The van der Waals surface area contributed by atoms with Crippen LogP contribution in [0.2, 0.25) is 0 Å². The molecule has 0 aliphatic carbocycles. The third kappa shape index (κ3) is 6.55. The van der Waals surface area contributed by atoms with Gasteiger partial charge in [-0.25, -0.2) is 0 Å². The number of benzene rings is 2. The molecule has 0 saturated carbocycles. The van der Waals surface area contributed by atoms with Gasteiger partial charge in [0.1, 0.15) is 6.61 Å². The lowest BCUT2D eigenvalue weighted by molar-refractivity contribution is -0.384. The quantitative estimate of drug-likeness (QED) is 0.480. The molecule has 0 aromatic heterocycles. The Labute approximate surface area is 164 Å². The van der Waals surface area contributed by atoms with Crippen molar-refractivity contribution in [1.82, 2.24) is 10.6 Å².